The SMILES string of the molecule is CN1CCN(C[C@H]2CCCN(c3nc4ccccc4s3)C2)CC1. The minimum Gasteiger partial charge on any atom is -0.348 e. The van der Waals surface area contributed by atoms with Crippen LogP contribution in [-0.2, 0) is 0 Å². The molecule has 0 saturated carbocycles. The molecule has 1 aromatic heterocycles. The number of likely N-dealkylation sites (N-methyl/N-ethyl adjacent to an activating group) is 1. The zero-order valence-electron chi connectivity index (χ0n) is 13.9. The van der Waals surface area contributed by atoms with Crippen molar-refractivity contribution >= 4 is 26.7 Å². The molecule has 124 valence electrons. The number of hydrogen-bond donors (Lipinski definition) is 0. The van der Waals surface area contributed by atoms with Gasteiger partial charge in [0, 0.05) is 45.8 Å². The number of fused-ring (bicyclic) bond motifs is 1. The van der Waals surface area contributed by atoms with E-state index < -0.39 is 0 Å². The number of piperidine rings is 1. The van der Waals surface area contributed by atoms with Crippen molar-refractivity contribution in [2.24, 2.45) is 5.92 Å². The zero-order valence-corrected chi connectivity index (χ0v) is 14.8. The highest BCUT2D eigenvalue weighted by Gasteiger charge is 2.25. The van der Waals surface area contributed by atoms with Gasteiger partial charge < -0.3 is 14.7 Å². The first kappa shape index (κ1) is 15.4. The van der Waals surface area contributed by atoms with Crippen LogP contribution in [-0.4, -0.2) is 67.6 Å². The molecule has 4 rings (SSSR count). The van der Waals surface area contributed by atoms with Gasteiger partial charge in [0.15, 0.2) is 5.13 Å². The van der Waals surface area contributed by atoms with Gasteiger partial charge in [0.1, 0.15) is 0 Å². The Morgan fingerprint density at radius 1 is 1.13 bits per heavy atom. The fourth-order valence-electron chi connectivity index (χ4n) is 3.78. The maximum Gasteiger partial charge on any atom is 0.186 e. The lowest BCUT2D eigenvalue weighted by Crippen LogP contribution is -2.48. The molecule has 0 amide bonds. The summed E-state index contributed by atoms with van der Waals surface area (Å²) in [5, 5.41) is 1.22. The van der Waals surface area contributed by atoms with Crippen molar-refractivity contribution in [1.29, 1.82) is 0 Å². The maximum atomic E-state index is 4.85. The van der Waals surface area contributed by atoms with E-state index in [1.54, 1.807) is 0 Å². The van der Waals surface area contributed by atoms with Crippen LogP contribution in [0, 0.1) is 5.92 Å². The van der Waals surface area contributed by atoms with Crippen LogP contribution in [0.4, 0.5) is 5.13 Å². The quantitative estimate of drug-likeness (QED) is 0.863. The molecule has 0 radical (unpaired) electrons. The van der Waals surface area contributed by atoms with E-state index in [1.807, 2.05) is 11.3 Å². The van der Waals surface area contributed by atoms with Gasteiger partial charge in [-0.25, -0.2) is 4.98 Å². The maximum absolute atomic E-state index is 4.85. The number of benzene rings is 1. The van der Waals surface area contributed by atoms with Crippen LogP contribution in [0.15, 0.2) is 24.3 Å². The topological polar surface area (TPSA) is 22.6 Å². The third-order valence-corrected chi connectivity index (χ3v) is 6.28. The molecule has 2 saturated heterocycles. The first-order valence-corrected chi connectivity index (χ1v) is 9.61. The van der Waals surface area contributed by atoms with E-state index in [1.165, 1.54) is 68.5 Å². The molecule has 0 N–H and O–H groups in total. The van der Waals surface area contributed by atoms with Gasteiger partial charge in [0.05, 0.1) is 10.2 Å². The molecular weight excluding hydrogens is 304 g/mol. The molecule has 4 nitrogen and oxygen atoms in total. The lowest BCUT2D eigenvalue weighted by molar-refractivity contribution is 0.131. The van der Waals surface area contributed by atoms with Gasteiger partial charge >= 0.3 is 0 Å². The second kappa shape index (κ2) is 6.75. The van der Waals surface area contributed by atoms with Crippen molar-refractivity contribution in [2.75, 3.05) is 57.8 Å². The van der Waals surface area contributed by atoms with Crippen molar-refractivity contribution in [2.45, 2.75) is 12.8 Å². The minimum atomic E-state index is 0.791. The van der Waals surface area contributed by atoms with E-state index in [9.17, 15) is 0 Å². The highest BCUT2D eigenvalue weighted by molar-refractivity contribution is 7.22. The molecule has 0 aliphatic carbocycles. The Kier molecular flexibility index (Phi) is 4.51. The van der Waals surface area contributed by atoms with Gasteiger partial charge in [-0.3, -0.25) is 0 Å². The summed E-state index contributed by atoms with van der Waals surface area (Å²) in [6.45, 7) is 8.49. The summed E-state index contributed by atoms with van der Waals surface area (Å²) >= 11 is 1.85. The van der Waals surface area contributed by atoms with Gasteiger partial charge in [-0.15, -0.1) is 0 Å². The zero-order chi connectivity index (χ0) is 15.6. The normalized spacial score (nSPS) is 24.4. The van der Waals surface area contributed by atoms with Gasteiger partial charge in [-0.1, -0.05) is 23.5 Å². The Hall–Kier alpha value is -1.17. The lowest BCUT2D eigenvalue weighted by atomic mass is 9.97. The van der Waals surface area contributed by atoms with Crippen molar-refractivity contribution < 1.29 is 0 Å². The monoisotopic (exact) mass is 330 g/mol. The summed E-state index contributed by atoms with van der Waals surface area (Å²) < 4.78 is 1.31. The standard InChI is InChI=1S/C18H26N4S/c1-20-9-11-21(12-10-20)13-15-5-4-8-22(14-15)18-19-16-6-2-3-7-17(16)23-18/h2-3,6-7,15H,4-5,8-14H2,1H3/t15-/m1/s1. The third-order valence-electron chi connectivity index (χ3n) is 5.18. The Morgan fingerprint density at radius 2 is 1.96 bits per heavy atom. The fraction of sp³-hybridized carbons (Fsp3) is 0.611. The second-order valence-electron chi connectivity index (χ2n) is 7.02. The number of para-hydroxylation sites is 1. The third kappa shape index (κ3) is 3.52. The number of nitrogens with zero attached hydrogens (tertiary/aromatic N) is 4. The molecule has 2 fully saturated rings. The van der Waals surface area contributed by atoms with Crippen LogP contribution in [0.2, 0.25) is 0 Å². The number of aromatic nitrogens is 1. The molecule has 5 heteroatoms. The minimum absolute atomic E-state index is 0.791. The molecule has 1 aromatic carbocycles. The van der Waals surface area contributed by atoms with Gasteiger partial charge in [0.2, 0.25) is 0 Å². The molecule has 3 heterocycles. The van der Waals surface area contributed by atoms with Crippen molar-refractivity contribution in [3.63, 3.8) is 0 Å². The van der Waals surface area contributed by atoms with Gasteiger partial charge in [0.25, 0.3) is 0 Å². The predicted octanol–water partition coefficient (Wildman–Crippen LogP) is 2.76. The van der Waals surface area contributed by atoms with Gasteiger partial charge in [-0.05, 0) is 37.9 Å². The summed E-state index contributed by atoms with van der Waals surface area (Å²) in [5.74, 6) is 0.791. The first-order valence-electron chi connectivity index (χ1n) is 8.79. The van der Waals surface area contributed by atoms with Crippen LogP contribution in [0.1, 0.15) is 12.8 Å². The molecule has 2 aliphatic heterocycles. The van der Waals surface area contributed by atoms with E-state index in [-0.39, 0.29) is 0 Å². The van der Waals surface area contributed by atoms with E-state index in [0.29, 0.717) is 0 Å². The first-order chi connectivity index (χ1) is 11.3. The van der Waals surface area contributed by atoms with Crippen molar-refractivity contribution in [3.05, 3.63) is 24.3 Å². The van der Waals surface area contributed by atoms with E-state index in [2.05, 4.69) is 46.0 Å². The number of piperazine rings is 1. The van der Waals surface area contributed by atoms with Gasteiger partial charge in [-0.2, -0.15) is 0 Å². The van der Waals surface area contributed by atoms with E-state index in [4.69, 9.17) is 4.98 Å². The number of hydrogen-bond acceptors (Lipinski definition) is 5. The van der Waals surface area contributed by atoms with Crippen LogP contribution in [0.25, 0.3) is 10.2 Å². The molecule has 0 bridgehead atoms. The van der Waals surface area contributed by atoms with E-state index in [0.717, 1.165) is 11.4 Å². The Morgan fingerprint density at radius 3 is 2.78 bits per heavy atom. The highest BCUT2D eigenvalue weighted by Crippen LogP contribution is 2.31. The summed E-state index contributed by atoms with van der Waals surface area (Å²) in [5.41, 5.74) is 1.15. The Balaban J connectivity index is 1.40. The Labute approximate surface area is 142 Å². The average Bonchev–Trinajstić information content (AvgIpc) is 3.01. The smallest absolute Gasteiger partial charge is 0.186 e. The largest absolute Gasteiger partial charge is 0.348 e. The van der Waals surface area contributed by atoms with Crippen LogP contribution >= 0.6 is 11.3 Å². The van der Waals surface area contributed by atoms with Crippen LogP contribution in [0.3, 0.4) is 0 Å². The van der Waals surface area contributed by atoms with Crippen molar-refractivity contribution in [3.8, 4) is 0 Å². The molecular formula is C18H26N4S. The second-order valence-corrected chi connectivity index (χ2v) is 8.03. The molecule has 2 aromatic rings. The molecule has 0 spiro atoms. The Bertz CT molecular complexity index is 614. The average molecular weight is 331 g/mol. The lowest BCUT2D eigenvalue weighted by Gasteiger charge is -2.38. The molecule has 2 aliphatic rings. The molecule has 1 atom stereocenters. The fourth-order valence-corrected chi connectivity index (χ4v) is 4.78. The van der Waals surface area contributed by atoms with Crippen molar-refractivity contribution in [1.82, 2.24) is 14.8 Å². The summed E-state index contributed by atoms with van der Waals surface area (Å²) in [4.78, 5) is 12.5. The summed E-state index contributed by atoms with van der Waals surface area (Å²) in [6.07, 6.45) is 2.67. The van der Waals surface area contributed by atoms with Crippen LogP contribution in [0.5, 0.6) is 0 Å². The summed E-state index contributed by atoms with van der Waals surface area (Å²) in [6, 6.07) is 8.50. The summed E-state index contributed by atoms with van der Waals surface area (Å²) in [7, 11) is 2.23. The van der Waals surface area contributed by atoms with Crippen LogP contribution < -0.4 is 4.90 Å². The number of thiazole rings is 1. The molecule has 0 unspecified atom stereocenters. The van der Waals surface area contributed by atoms with E-state index >= 15 is 0 Å². The highest BCUT2D eigenvalue weighted by atomic mass is 32.1. The molecule has 23 heavy (non-hydrogen) atoms. The number of anilines is 1. The predicted molar refractivity (Wildman–Crippen MR) is 98.5 cm³/mol. The number of rotatable bonds is 3.